The van der Waals surface area contributed by atoms with Crippen molar-refractivity contribution in [2.45, 2.75) is 39.5 Å². The first-order valence-corrected chi connectivity index (χ1v) is 6.53. The lowest BCUT2D eigenvalue weighted by Crippen LogP contribution is -2.26. The minimum atomic E-state index is 0.230. The van der Waals surface area contributed by atoms with Crippen molar-refractivity contribution in [3.63, 3.8) is 0 Å². The van der Waals surface area contributed by atoms with Crippen LogP contribution in [0, 0.1) is 11.3 Å². The number of rotatable bonds is 3. The van der Waals surface area contributed by atoms with Gasteiger partial charge in [0.2, 0.25) is 0 Å². The van der Waals surface area contributed by atoms with Crippen LogP contribution in [0.5, 0.6) is 0 Å². The monoisotopic (exact) mass is 222 g/mol. The molecule has 1 fully saturated rings. The van der Waals surface area contributed by atoms with Crippen LogP contribution >= 0.6 is 11.3 Å². The van der Waals surface area contributed by atoms with E-state index in [9.17, 15) is 4.79 Å². The number of carbonyl (C=O) groups excluding carboxylic acids is 1. The van der Waals surface area contributed by atoms with Gasteiger partial charge in [-0.2, -0.15) is 0 Å². The van der Waals surface area contributed by atoms with Gasteiger partial charge in [-0.3, -0.25) is 4.79 Å². The molecule has 0 saturated heterocycles. The van der Waals surface area contributed by atoms with Gasteiger partial charge in [0.15, 0.2) is 0 Å². The molecule has 0 aromatic carbocycles. The summed E-state index contributed by atoms with van der Waals surface area (Å²) in [6.45, 7) is 4.47. The predicted octanol–water partition coefficient (Wildman–Crippen LogP) is 3.69. The molecule has 1 aliphatic rings. The number of hydrogen-bond acceptors (Lipinski definition) is 2. The number of ketones is 1. The molecule has 1 saturated carbocycles. The molecule has 82 valence electrons. The molecule has 0 aliphatic heterocycles. The molecule has 0 spiro atoms. The van der Waals surface area contributed by atoms with Gasteiger partial charge < -0.3 is 0 Å². The highest BCUT2D eigenvalue weighted by atomic mass is 32.1. The molecule has 1 unspecified atom stereocenters. The Morgan fingerprint density at radius 1 is 1.60 bits per heavy atom. The second kappa shape index (κ2) is 4.09. The molecular weight excluding hydrogens is 204 g/mol. The summed E-state index contributed by atoms with van der Waals surface area (Å²) in [6, 6.07) is 4.08. The van der Waals surface area contributed by atoms with Gasteiger partial charge in [-0.25, -0.2) is 0 Å². The zero-order valence-corrected chi connectivity index (χ0v) is 10.3. The summed E-state index contributed by atoms with van der Waals surface area (Å²) in [5, 5.41) is 2.04. The topological polar surface area (TPSA) is 17.1 Å². The Labute approximate surface area is 95.5 Å². The van der Waals surface area contributed by atoms with E-state index < -0.39 is 0 Å². The summed E-state index contributed by atoms with van der Waals surface area (Å²) in [6.07, 6.45) is 4.16. The minimum Gasteiger partial charge on any atom is -0.299 e. The van der Waals surface area contributed by atoms with Crippen LogP contribution in [0.15, 0.2) is 17.5 Å². The van der Waals surface area contributed by atoms with Gasteiger partial charge in [-0.1, -0.05) is 26.3 Å². The first-order chi connectivity index (χ1) is 7.09. The van der Waals surface area contributed by atoms with Gasteiger partial charge in [-0.15, -0.1) is 11.3 Å². The average molecular weight is 222 g/mol. The van der Waals surface area contributed by atoms with E-state index in [2.05, 4.69) is 19.9 Å². The maximum atomic E-state index is 12.1. The van der Waals surface area contributed by atoms with Gasteiger partial charge >= 0.3 is 0 Å². The third-order valence-corrected chi connectivity index (χ3v) is 4.45. The fraction of sp³-hybridized carbons (Fsp3) is 0.615. The highest BCUT2D eigenvalue weighted by Crippen LogP contribution is 2.43. The first-order valence-electron chi connectivity index (χ1n) is 5.65. The van der Waals surface area contributed by atoms with Crippen molar-refractivity contribution in [3.05, 3.63) is 22.4 Å². The van der Waals surface area contributed by atoms with E-state index in [1.54, 1.807) is 11.3 Å². The van der Waals surface area contributed by atoms with Crippen molar-refractivity contribution >= 4 is 17.1 Å². The number of Topliss-reactive ketones (excluding diaryl/α,β-unsaturated/α-hetero) is 1. The SMILES string of the molecule is CC1(C)CCCC1C(=O)Cc1cccs1. The Morgan fingerprint density at radius 3 is 2.93 bits per heavy atom. The van der Waals surface area contributed by atoms with Crippen molar-refractivity contribution in [2.24, 2.45) is 11.3 Å². The first kappa shape index (κ1) is 10.9. The fourth-order valence-corrected chi connectivity index (χ4v) is 3.35. The van der Waals surface area contributed by atoms with Crippen LogP contribution in [0.4, 0.5) is 0 Å². The van der Waals surface area contributed by atoms with Crippen LogP contribution < -0.4 is 0 Å². The van der Waals surface area contributed by atoms with E-state index in [0.717, 1.165) is 6.42 Å². The number of carbonyl (C=O) groups is 1. The molecule has 1 nitrogen and oxygen atoms in total. The Balaban J connectivity index is 2.02. The predicted molar refractivity (Wildman–Crippen MR) is 64.2 cm³/mol. The van der Waals surface area contributed by atoms with E-state index >= 15 is 0 Å². The van der Waals surface area contributed by atoms with E-state index in [0.29, 0.717) is 18.1 Å². The summed E-state index contributed by atoms with van der Waals surface area (Å²) >= 11 is 1.69. The van der Waals surface area contributed by atoms with Crippen LogP contribution in [0.1, 0.15) is 38.0 Å². The van der Waals surface area contributed by atoms with E-state index in [-0.39, 0.29) is 5.41 Å². The molecule has 1 heterocycles. The molecule has 1 aromatic heterocycles. The molecule has 0 radical (unpaired) electrons. The summed E-state index contributed by atoms with van der Waals surface area (Å²) in [5.41, 5.74) is 0.230. The lowest BCUT2D eigenvalue weighted by atomic mass is 9.78. The van der Waals surface area contributed by atoms with Crippen molar-refractivity contribution in [1.29, 1.82) is 0 Å². The zero-order chi connectivity index (χ0) is 10.9. The Morgan fingerprint density at radius 2 is 2.40 bits per heavy atom. The normalized spacial score (nSPS) is 24.3. The summed E-state index contributed by atoms with van der Waals surface area (Å²) in [7, 11) is 0. The van der Waals surface area contributed by atoms with Gasteiger partial charge in [0.25, 0.3) is 0 Å². The number of thiophene rings is 1. The van der Waals surface area contributed by atoms with E-state index in [1.165, 1.54) is 17.7 Å². The molecule has 0 amide bonds. The maximum absolute atomic E-state index is 12.1. The molecule has 2 heteroatoms. The summed E-state index contributed by atoms with van der Waals surface area (Å²) in [5.74, 6) is 0.736. The highest BCUT2D eigenvalue weighted by molar-refractivity contribution is 7.10. The Bertz CT molecular complexity index is 337. The fourth-order valence-electron chi connectivity index (χ4n) is 2.63. The molecule has 15 heavy (non-hydrogen) atoms. The molecule has 1 aliphatic carbocycles. The standard InChI is InChI=1S/C13H18OS/c1-13(2)7-3-6-11(13)12(14)9-10-5-4-8-15-10/h4-5,8,11H,3,6-7,9H2,1-2H3. The molecule has 1 atom stereocenters. The second-order valence-electron chi connectivity index (χ2n) is 5.16. The smallest absolute Gasteiger partial charge is 0.141 e. The van der Waals surface area contributed by atoms with Crippen molar-refractivity contribution < 1.29 is 4.79 Å². The minimum absolute atomic E-state index is 0.230. The third kappa shape index (κ3) is 2.31. The van der Waals surface area contributed by atoms with E-state index in [1.807, 2.05) is 11.4 Å². The summed E-state index contributed by atoms with van der Waals surface area (Å²) in [4.78, 5) is 13.3. The summed E-state index contributed by atoms with van der Waals surface area (Å²) < 4.78 is 0. The van der Waals surface area contributed by atoms with Gasteiger partial charge in [0, 0.05) is 17.2 Å². The van der Waals surface area contributed by atoms with Crippen LogP contribution in [-0.2, 0) is 11.2 Å². The molecule has 0 N–H and O–H groups in total. The molecular formula is C13H18OS. The van der Waals surface area contributed by atoms with Crippen LogP contribution in [0.2, 0.25) is 0 Å². The van der Waals surface area contributed by atoms with Gasteiger partial charge in [-0.05, 0) is 29.7 Å². The quantitative estimate of drug-likeness (QED) is 0.762. The average Bonchev–Trinajstić information content (AvgIpc) is 2.73. The highest BCUT2D eigenvalue weighted by Gasteiger charge is 2.38. The maximum Gasteiger partial charge on any atom is 0.141 e. The lowest BCUT2D eigenvalue weighted by Gasteiger charge is -2.25. The van der Waals surface area contributed by atoms with Crippen molar-refractivity contribution in [1.82, 2.24) is 0 Å². The Hall–Kier alpha value is -0.630. The molecule has 0 bridgehead atoms. The lowest BCUT2D eigenvalue weighted by molar-refractivity contribution is -0.124. The van der Waals surface area contributed by atoms with E-state index in [4.69, 9.17) is 0 Å². The molecule has 2 rings (SSSR count). The molecule has 1 aromatic rings. The largest absolute Gasteiger partial charge is 0.299 e. The number of hydrogen-bond donors (Lipinski definition) is 0. The Kier molecular flexibility index (Phi) is 2.96. The van der Waals surface area contributed by atoms with Crippen LogP contribution in [-0.4, -0.2) is 5.78 Å². The van der Waals surface area contributed by atoms with Crippen LogP contribution in [0.25, 0.3) is 0 Å². The third-order valence-electron chi connectivity index (χ3n) is 3.57. The van der Waals surface area contributed by atoms with Gasteiger partial charge in [0.05, 0.1) is 0 Å². The van der Waals surface area contributed by atoms with Crippen molar-refractivity contribution in [2.75, 3.05) is 0 Å². The van der Waals surface area contributed by atoms with Crippen molar-refractivity contribution in [3.8, 4) is 0 Å². The van der Waals surface area contributed by atoms with Crippen LogP contribution in [0.3, 0.4) is 0 Å². The zero-order valence-electron chi connectivity index (χ0n) is 9.45. The second-order valence-corrected chi connectivity index (χ2v) is 6.19. The van der Waals surface area contributed by atoms with Gasteiger partial charge in [0.1, 0.15) is 5.78 Å².